The average molecular weight is 447 g/mol. The number of fused-ring (bicyclic) bond motifs is 1. The van der Waals surface area contributed by atoms with Gasteiger partial charge in [0.05, 0.1) is 30.1 Å². The molecule has 0 atom stereocenters. The summed E-state index contributed by atoms with van der Waals surface area (Å²) in [5.41, 5.74) is 6.40. The topological polar surface area (TPSA) is 88.9 Å². The van der Waals surface area contributed by atoms with Crippen LogP contribution in [0.1, 0.15) is 18.1 Å². The smallest absolute Gasteiger partial charge is 0.167 e. The van der Waals surface area contributed by atoms with Gasteiger partial charge in [0.2, 0.25) is 0 Å². The van der Waals surface area contributed by atoms with Gasteiger partial charge in [0, 0.05) is 16.0 Å². The molecule has 0 saturated heterocycles. The number of ether oxygens (including phenoxy) is 2. The minimum atomic E-state index is 0.0485. The van der Waals surface area contributed by atoms with E-state index in [4.69, 9.17) is 9.47 Å². The quantitative estimate of drug-likeness (QED) is 0.272. The third kappa shape index (κ3) is 4.13. The molecule has 0 aliphatic carbocycles. The second kappa shape index (κ2) is 9.49. The van der Waals surface area contributed by atoms with Crippen molar-refractivity contribution in [3.63, 3.8) is 0 Å². The lowest BCUT2D eigenvalue weighted by Crippen LogP contribution is -1.95. The Bertz CT molecular complexity index is 1300. The fourth-order valence-corrected chi connectivity index (χ4v) is 4.51. The molecule has 0 unspecified atom stereocenters. The minimum Gasteiger partial charge on any atom is -0.504 e. The normalized spacial score (nSPS) is 11.1. The van der Waals surface area contributed by atoms with Gasteiger partial charge in [0.1, 0.15) is 12.1 Å². The van der Waals surface area contributed by atoms with Gasteiger partial charge in [-0.25, -0.2) is 9.97 Å². The Morgan fingerprint density at radius 1 is 1.19 bits per heavy atom. The molecule has 0 radical (unpaired) electrons. The van der Waals surface area contributed by atoms with E-state index >= 15 is 0 Å². The first-order valence-corrected chi connectivity index (χ1v) is 10.8. The molecule has 2 aromatic heterocycles. The zero-order chi connectivity index (χ0) is 22.5. The number of aromatic nitrogens is 2. The molecule has 0 spiro atoms. The highest BCUT2D eigenvalue weighted by Gasteiger charge is 2.18. The molecule has 0 aliphatic rings. The molecule has 2 aromatic carbocycles. The molecular formula is C24H22N4O3S. The predicted molar refractivity (Wildman–Crippen MR) is 130 cm³/mol. The lowest BCUT2D eigenvalue weighted by Gasteiger charge is -2.09. The molecule has 8 heteroatoms. The molecule has 4 aromatic rings. The maximum atomic E-state index is 9.93. The highest BCUT2D eigenvalue weighted by Crippen LogP contribution is 2.43. The van der Waals surface area contributed by atoms with E-state index < -0.39 is 0 Å². The third-order valence-corrected chi connectivity index (χ3v) is 5.97. The van der Waals surface area contributed by atoms with Crippen molar-refractivity contribution in [2.45, 2.75) is 6.92 Å². The number of hydrazone groups is 1. The van der Waals surface area contributed by atoms with Crippen LogP contribution in [0.5, 0.6) is 17.2 Å². The second-order valence-electron chi connectivity index (χ2n) is 6.68. The minimum absolute atomic E-state index is 0.0485. The summed E-state index contributed by atoms with van der Waals surface area (Å²) in [5.74, 6) is 1.84. The van der Waals surface area contributed by atoms with Crippen LogP contribution in [0.25, 0.3) is 26.7 Å². The number of phenolic OH excluding ortho intramolecular Hbond substituents is 1. The first-order valence-electron chi connectivity index (χ1n) is 9.94. The van der Waals surface area contributed by atoms with Crippen molar-refractivity contribution in [3.05, 3.63) is 66.5 Å². The maximum Gasteiger partial charge on any atom is 0.167 e. The van der Waals surface area contributed by atoms with E-state index in [2.05, 4.69) is 27.1 Å². The van der Waals surface area contributed by atoms with E-state index in [1.807, 2.05) is 31.2 Å². The number of nitrogens with zero attached hydrogens (tertiary/aromatic N) is 3. The summed E-state index contributed by atoms with van der Waals surface area (Å²) in [6.07, 6.45) is 4.90. The molecule has 0 fully saturated rings. The highest BCUT2D eigenvalue weighted by atomic mass is 32.1. The summed E-state index contributed by atoms with van der Waals surface area (Å²) in [5, 5.41) is 14.2. The number of nitrogens with one attached hydrogen (secondary N) is 1. The number of para-hydroxylation sites is 1. The lowest BCUT2D eigenvalue weighted by molar-refractivity contribution is 0.341. The number of hydrogen-bond donors (Lipinski definition) is 2. The summed E-state index contributed by atoms with van der Waals surface area (Å²) < 4.78 is 11.7. The third-order valence-electron chi connectivity index (χ3n) is 4.73. The Kier molecular flexibility index (Phi) is 6.32. The maximum absolute atomic E-state index is 9.93. The molecular weight excluding hydrogens is 424 g/mol. The number of anilines is 1. The number of hydrogen-bond acceptors (Lipinski definition) is 8. The van der Waals surface area contributed by atoms with Gasteiger partial charge >= 0.3 is 0 Å². The average Bonchev–Trinajstić information content (AvgIpc) is 3.19. The van der Waals surface area contributed by atoms with E-state index in [-0.39, 0.29) is 5.75 Å². The summed E-state index contributed by atoms with van der Waals surface area (Å²) in [6.45, 7) is 6.53. The first kappa shape index (κ1) is 21.3. The van der Waals surface area contributed by atoms with Gasteiger partial charge in [-0.2, -0.15) is 5.10 Å². The highest BCUT2D eigenvalue weighted by molar-refractivity contribution is 7.23. The van der Waals surface area contributed by atoms with Crippen molar-refractivity contribution >= 4 is 39.7 Å². The van der Waals surface area contributed by atoms with E-state index in [9.17, 15) is 5.11 Å². The molecule has 2 N–H and O–H groups in total. The van der Waals surface area contributed by atoms with Crippen LogP contribution < -0.4 is 14.9 Å². The van der Waals surface area contributed by atoms with Crippen LogP contribution in [0.2, 0.25) is 0 Å². The fourth-order valence-electron chi connectivity index (χ4n) is 3.29. The number of phenols is 1. The van der Waals surface area contributed by atoms with E-state index in [0.717, 1.165) is 32.0 Å². The molecule has 0 aliphatic heterocycles. The molecule has 2 heterocycles. The van der Waals surface area contributed by atoms with Crippen molar-refractivity contribution in [3.8, 4) is 27.7 Å². The van der Waals surface area contributed by atoms with Crippen molar-refractivity contribution < 1.29 is 14.6 Å². The summed E-state index contributed by atoms with van der Waals surface area (Å²) in [7, 11) is 1.50. The van der Waals surface area contributed by atoms with E-state index in [1.54, 1.807) is 41.8 Å². The molecule has 32 heavy (non-hydrogen) atoms. The van der Waals surface area contributed by atoms with Crippen molar-refractivity contribution in [2.24, 2.45) is 5.10 Å². The predicted octanol–water partition coefficient (Wildman–Crippen LogP) is 5.56. The Labute approximate surface area is 189 Å². The van der Waals surface area contributed by atoms with Crippen LogP contribution in [0.3, 0.4) is 0 Å². The van der Waals surface area contributed by atoms with Gasteiger partial charge < -0.3 is 14.6 Å². The van der Waals surface area contributed by atoms with Crippen LogP contribution in [0, 0.1) is 0 Å². The Hall–Kier alpha value is -3.91. The van der Waals surface area contributed by atoms with Gasteiger partial charge in [-0.3, -0.25) is 5.43 Å². The number of aromatic hydroxyl groups is 1. The van der Waals surface area contributed by atoms with Crippen LogP contribution in [0.4, 0.5) is 5.82 Å². The van der Waals surface area contributed by atoms with Gasteiger partial charge in [-0.1, -0.05) is 24.8 Å². The van der Waals surface area contributed by atoms with Gasteiger partial charge in [0.25, 0.3) is 0 Å². The van der Waals surface area contributed by atoms with Crippen molar-refractivity contribution in [1.29, 1.82) is 0 Å². The van der Waals surface area contributed by atoms with Crippen LogP contribution in [0.15, 0.2) is 60.5 Å². The first-order chi connectivity index (χ1) is 15.7. The zero-order valence-corrected chi connectivity index (χ0v) is 18.5. The summed E-state index contributed by atoms with van der Waals surface area (Å²) in [4.78, 5) is 9.85. The monoisotopic (exact) mass is 446 g/mol. The molecule has 0 bridgehead atoms. The largest absolute Gasteiger partial charge is 0.504 e. The lowest BCUT2D eigenvalue weighted by atomic mass is 10.1. The summed E-state index contributed by atoms with van der Waals surface area (Å²) in [6, 6.07) is 13.0. The van der Waals surface area contributed by atoms with Crippen LogP contribution >= 0.6 is 11.3 Å². The zero-order valence-electron chi connectivity index (χ0n) is 17.7. The van der Waals surface area contributed by atoms with Crippen LogP contribution in [-0.4, -0.2) is 35.0 Å². The summed E-state index contributed by atoms with van der Waals surface area (Å²) >= 11 is 1.55. The van der Waals surface area contributed by atoms with Gasteiger partial charge in [-0.05, 0) is 42.8 Å². The van der Waals surface area contributed by atoms with Crippen molar-refractivity contribution in [2.75, 3.05) is 19.1 Å². The van der Waals surface area contributed by atoms with E-state index in [1.165, 1.54) is 13.4 Å². The number of thiophene rings is 1. The molecule has 0 amide bonds. The SMILES string of the molecule is C=Cc1c(-c2ccccc2OCC)sc2c(NN=Cc3ccc(OC)c(O)c3)ncnc12. The fraction of sp³-hybridized carbons (Fsp3) is 0.125. The Morgan fingerprint density at radius 3 is 2.78 bits per heavy atom. The van der Waals surface area contributed by atoms with Gasteiger partial charge in [-0.15, -0.1) is 11.3 Å². The molecule has 0 saturated carbocycles. The number of rotatable bonds is 8. The standard InChI is InChI=1S/C24H22N4O3S/c1-4-16-21-23(32-22(16)17-8-6-7-9-19(17)31-5-2)24(26-14-25-21)28-27-13-15-10-11-20(30-3)18(29)12-15/h4,6-14,29H,1,5H2,2-3H3,(H,25,26,28). The van der Waals surface area contributed by atoms with Crippen LogP contribution in [-0.2, 0) is 0 Å². The second-order valence-corrected chi connectivity index (χ2v) is 7.70. The Balaban J connectivity index is 1.70. The molecule has 4 rings (SSSR count). The molecule has 162 valence electrons. The molecule has 7 nitrogen and oxygen atoms in total. The van der Waals surface area contributed by atoms with Gasteiger partial charge in [0.15, 0.2) is 17.3 Å². The number of methoxy groups -OCH3 is 1. The van der Waals surface area contributed by atoms with Crippen molar-refractivity contribution in [1.82, 2.24) is 9.97 Å². The Morgan fingerprint density at radius 2 is 2.03 bits per heavy atom. The van der Waals surface area contributed by atoms with E-state index in [0.29, 0.717) is 23.7 Å². The number of benzene rings is 2.